The predicted octanol–water partition coefficient (Wildman–Crippen LogP) is 2.71. The summed E-state index contributed by atoms with van der Waals surface area (Å²) in [6.45, 7) is -0.293. The van der Waals surface area contributed by atoms with Gasteiger partial charge in [-0.2, -0.15) is 4.98 Å². The lowest BCUT2D eigenvalue weighted by Crippen LogP contribution is -2.32. The van der Waals surface area contributed by atoms with E-state index in [1.165, 1.54) is 6.07 Å². The molecule has 162 valence electrons. The molecule has 2 aromatic heterocycles. The Morgan fingerprint density at radius 2 is 2.03 bits per heavy atom. The molecular formula is C19H18N4O6S2. The van der Waals surface area contributed by atoms with Gasteiger partial charge in [0.15, 0.2) is 11.5 Å². The Balaban J connectivity index is 1.20. The number of benzene rings is 1. The molecule has 1 fully saturated rings. The Morgan fingerprint density at radius 3 is 2.84 bits per heavy atom. The van der Waals surface area contributed by atoms with Crippen molar-refractivity contribution >= 4 is 33.0 Å². The van der Waals surface area contributed by atoms with Crippen LogP contribution in [-0.2, 0) is 14.8 Å². The van der Waals surface area contributed by atoms with Gasteiger partial charge in [0.25, 0.3) is 10.0 Å². The Labute approximate surface area is 181 Å². The molecule has 0 atom stereocenters. The number of fused-ring (bicyclic) bond motifs is 1. The second-order valence-electron chi connectivity index (χ2n) is 7.18. The van der Waals surface area contributed by atoms with Gasteiger partial charge in [-0.1, -0.05) is 11.6 Å². The summed E-state index contributed by atoms with van der Waals surface area (Å²) in [5.41, 5.74) is 1.04. The molecule has 1 amide bonds. The van der Waals surface area contributed by atoms with Gasteiger partial charge in [0.05, 0.1) is 6.54 Å². The fraction of sp³-hybridized carbons (Fsp3) is 0.316. The van der Waals surface area contributed by atoms with E-state index in [4.69, 9.17) is 14.0 Å². The number of carbonyl (C=O) groups excluding carboxylic acids is 1. The summed E-state index contributed by atoms with van der Waals surface area (Å²) < 4.78 is 43.3. The number of ether oxygens (including phenoxy) is 2. The van der Waals surface area contributed by atoms with Gasteiger partial charge in [-0.05, 0) is 31.0 Å². The van der Waals surface area contributed by atoms with Gasteiger partial charge in [-0.15, -0.1) is 11.3 Å². The van der Waals surface area contributed by atoms with Crippen molar-refractivity contribution in [3.63, 3.8) is 0 Å². The number of nitrogens with zero attached hydrogens (tertiary/aromatic N) is 2. The van der Waals surface area contributed by atoms with E-state index in [9.17, 15) is 13.2 Å². The van der Waals surface area contributed by atoms with Crippen LogP contribution in [0.3, 0.4) is 0 Å². The lowest BCUT2D eigenvalue weighted by molar-refractivity contribution is -0.115. The van der Waals surface area contributed by atoms with Crippen molar-refractivity contribution in [2.24, 2.45) is 0 Å². The molecule has 0 radical (unpaired) electrons. The van der Waals surface area contributed by atoms with Gasteiger partial charge in [-0.25, -0.2) is 13.1 Å². The lowest BCUT2D eigenvalue weighted by Gasteiger charge is -2.20. The smallest absolute Gasteiger partial charge is 0.250 e. The van der Waals surface area contributed by atoms with Gasteiger partial charge in [-0.3, -0.25) is 4.79 Å². The van der Waals surface area contributed by atoms with E-state index in [-0.39, 0.29) is 11.0 Å². The van der Waals surface area contributed by atoms with E-state index in [0.717, 1.165) is 30.6 Å². The quantitative estimate of drug-likeness (QED) is 0.548. The van der Waals surface area contributed by atoms with E-state index in [1.807, 2.05) is 0 Å². The fourth-order valence-electron chi connectivity index (χ4n) is 3.16. The zero-order valence-corrected chi connectivity index (χ0v) is 17.8. The van der Waals surface area contributed by atoms with E-state index in [1.54, 1.807) is 23.6 Å². The number of sulfonamides is 1. The van der Waals surface area contributed by atoms with E-state index in [2.05, 4.69) is 20.2 Å². The molecule has 0 saturated heterocycles. The number of amides is 1. The summed E-state index contributed by atoms with van der Waals surface area (Å²) in [5, 5.41) is 8.22. The van der Waals surface area contributed by atoms with Crippen LogP contribution in [0.2, 0.25) is 0 Å². The first kappa shape index (κ1) is 20.0. The fourth-order valence-corrected chi connectivity index (χ4v) is 5.34. The standard InChI is InChI=1S/C19H18N4O6S2/c24-16(21-13-4-5-14-15(7-13)28-10-27-14)8-20-31(25,26)17-6-12(9-30-17)18-22-19(29-23-18)11-2-1-3-11/h4-7,9,11,20H,1-3,8,10H2,(H,21,24). The average molecular weight is 463 g/mol. The molecule has 1 aliphatic carbocycles. The first-order valence-electron chi connectivity index (χ1n) is 9.59. The number of rotatable bonds is 7. The lowest BCUT2D eigenvalue weighted by atomic mass is 9.85. The monoisotopic (exact) mass is 462 g/mol. The predicted molar refractivity (Wildman–Crippen MR) is 111 cm³/mol. The van der Waals surface area contributed by atoms with E-state index < -0.39 is 22.5 Å². The number of nitrogens with one attached hydrogen (secondary N) is 2. The second-order valence-corrected chi connectivity index (χ2v) is 10.1. The van der Waals surface area contributed by atoms with E-state index in [0.29, 0.717) is 40.4 Å². The zero-order chi connectivity index (χ0) is 21.4. The molecule has 0 bridgehead atoms. The third-order valence-corrected chi connectivity index (χ3v) is 7.91. The molecule has 3 heterocycles. The van der Waals surface area contributed by atoms with Crippen molar-refractivity contribution in [2.75, 3.05) is 18.7 Å². The second kappa shape index (κ2) is 7.94. The summed E-state index contributed by atoms with van der Waals surface area (Å²) in [5.74, 6) is 1.85. The molecule has 3 aromatic rings. The van der Waals surface area contributed by atoms with Crippen LogP contribution < -0.4 is 19.5 Å². The van der Waals surface area contributed by atoms with Crippen LogP contribution in [0, 0.1) is 0 Å². The van der Waals surface area contributed by atoms with Crippen LogP contribution in [-0.4, -0.2) is 37.8 Å². The number of carbonyl (C=O) groups is 1. The number of hydrogen-bond donors (Lipinski definition) is 2. The summed E-state index contributed by atoms with van der Waals surface area (Å²) in [6, 6.07) is 6.40. The van der Waals surface area contributed by atoms with Gasteiger partial charge >= 0.3 is 0 Å². The molecule has 2 aliphatic rings. The highest BCUT2D eigenvalue weighted by Gasteiger charge is 2.26. The van der Waals surface area contributed by atoms with Crippen molar-refractivity contribution in [3.8, 4) is 22.9 Å². The SMILES string of the molecule is O=C(CNS(=O)(=O)c1cc(-c2noc(C3CCC3)n2)cs1)Nc1ccc2c(c1)OCO2. The first-order chi connectivity index (χ1) is 15.0. The highest BCUT2D eigenvalue weighted by atomic mass is 32.2. The molecule has 5 rings (SSSR count). The maximum absolute atomic E-state index is 12.6. The number of aromatic nitrogens is 2. The minimum absolute atomic E-state index is 0.0633. The minimum atomic E-state index is -3.87. The van der Waals surface area contributed by atoms with Crippen LogP contribution in [0.15, 0.2) is 38.4 Å². The average Bonchev–Trinajstić information content (AvgIpc) is 3.44. The molecule has 31 heavy (non-hydrogen) atoms. The summed E-state index contributed by atoms with van der Waals surface area (Å²) >= 11 is 1.02. The molecule has 0 spiro atoms. The van der Waals surface area contributed by atoms with Crippen molar-refractivity contribution in [1.82, 2.24) is 14.9 Å². The molecular weight excluding hydrogens is 444 g/mol. The minimum Gasteiger partial charge on any atom is -0.454 e. The summed E-state index contributed by atoms with van der Waals surface area (Å²) in [6.07, 6.45) is 3.21. The Morgan fingerprint density at radius 1 is 1.19 bits per heavy atom. The number of hydrogen-bond acceptors (Lipinski definition) is 9. The van der Waals surface area contributed by atoms with Crippen molar-refractivity contribution in [2.45, 2.75) is 29.4 Å². The highest BCUT2D eigenvalue weighted by Crippen LogP contribution is 2.37. The van der Waals surface area contributed by atoms with Crippen molar-refractivity contribution in [1.29, 1.82) is 0 Å². The topological polar surface area (TPSA) is 133 Å². The third kappa shape index (κ3) is 4.13. The van der Waals surface area contributed by atoms with Crippen LogP contribution in [0.5, 0.6) is 11.5 Å². The normalized spacial score (nSPS) is 15.6. The van der Waals surface area contributed by atoms with Crippen LogP contribution in [0.4, 0.5) is 5.69 Å². The molecule has 0 unspecified atom stereocenters. The Bertz CT molecular complexity index is 1230. The molecule has 1 aromatic carbocycles. The van der Waals surface area contributed by atoms with Crippen LogP contribution in [0.1, 0.15) is 31.1 Å². The van der Waals surface area contributed by atoms with Gasteiger partial charge in [0, 0.05) is 28.6 Å². The third-order valence-electron chi connectivity index (χ3n) is 5.07. The van der Waals surface area contributed by atoms with Crippen LogP contribution in [0.25, 0.3) is 11.4 Å². The summed E-state index contributed by atoms with van der Waals surface area (Å²) in [7, 11) is -3.87. The van der Waals surface area contributed by atoms with Crippen LogP contribution >= 0.6 is 11.3 Å². The molecule has 2 N–H and O–H groups in total. The highest BCUT2D eigenvalue weighted by molar-refractivity contribution is 7.91. The van der Waals surface area contributed by atoms with Gasteiger partial charge < -0.3 is 19.3 Å². The molecule has 10 nitrogen and oxygen atoms in total. The first-order valence-corrected chi connectivity index (χ1v) is 12.0. The maximum atomic E-state index is 12.6. The number of anilines is 1. The molecule has 1 aliphatic heterocycles. The largest absolute Gasteiger partial charge is 0.454 e. The van der Waals surface area contributed by atoms with Gasteiger partial charge in [0.2, 0.25) is 24.4 Å². The van der Waals surface area contributed by atoms with E-state index >= 15 is 0 Å². The zero-order valence-electron chi connectivity index (χ0n) is 16.2. The summed E-state index contributed by atoms with van der Waals surface area (Å²) in [4.78, 5) is 16.6. The molecule has 1 saturated carbocycles. The maximum Gasteiger partial charge on any atom is 0.250 e. The van der Waals surface area contributed by atoms with Crippen molar-refractivity contribution < 1.29 is 27.2 Å². The van der Waals surface area contributed by atoms with Gasteiger partial charge in [0.1, 0.15) is 4.21 Å². The van der Waals surface area contributed by atoms with Crippen molar-refractivity contribution in [3.05, 3.63) is 35.5 Å². The number of thiophene rings is 1. The Hall–Kier alpha value is -2.96. The molecule has 12 heteroatoms. The Kier molecular flexibility index (Phi) is 5.12.